The Kier molecular flexibility index (Phi) is 3.16. The lowest BCUT2D eigenvalue weighted by Crippen LogP contribution is -2.40. The monoisotopic (exact) mass is 296 g/mol. The molecule has 22 heavy (non-hydrogen) atoms. The molecule has 0 radical (unpaired) electrons. The van der Waals surface area contributed by atoms with Crippen LogP contribution in [0.3, 0.4) is 0 Å². The van der Waals surface area contributed by atoms with E-state index in [2.05, 4.69) is 10.2 Å². The van der Waals surface area contributed by atoms with Crippen LogP contribution >= 0.6 is 0 Å². The minimum atomic E-state index is 0.0535. The fraction of sp³-hybridized carbons (Fsp3) is 0.250. The summed E-state index contributed by atoms with van der Waals surface area (Å²) in [6.07, 6.45) is 3.67. The molecule has 4 heterocycles. The van der Waals surface area contributed by atoms with Crippen LogP contribution in [-0.4, -0.2) is 51.7 Å². The third kappa shape index (κ3) is 2.08. The van der Waals surface area contributed by atoms with Crippen molar-refractivity contribution < 1.29 is 9.53 Å². The summed E-state index contributed by atoms with van der Waals surface area (Å²) in [5, 5.41) is 6.96. The van der Waals surface area contributed by atoms with E-state index >= 15 is 0 Å². The van der Waals surface area contributed by atoms with Crippen molar-refractivity contribution in [2.45, 2.75) is 0 Å². The molecule has 0 bridgehead atoms. The Morgan fingerprint density at radius 3 is 2.86 bits per heavy atom. The number of amides is 1. The van der Waals surface area contributed by atoms with Gasteiger partial charge in [-0.1, -0.05) is 6.07 Å². The van der Waals surface area contributed by atoms with Gasteiger partial charge in [-0.15, -0.1) is 0 Å². The zero-order valence-electron chi connectivity index (χ0n) is 12.0. The molecule has 6 nitrogen and oxygen atoms in total. The number of nitrogens with zero attached hydrogens (tertiary/aromatic N) is 3. The minimum absolute atomic E-state index is 0.0535. The fourth-order valence-electron chi connectivity index (χ4n) is 2.87. The van der Waals surface area contributed by atoms with Crippen LogP contribution in [0.15, 0.2) is 42.7 Å². The molecule has 0 unspecified atom stereocenters. The second-order valence-corrected chi connectivity index (χ2v) is 5.27. The molecule has 0 saturated carbocycles. The Bertz CT molecular complexity index is 801. The molecule has 1 amide bonds. The Labute approximate surface area is 127 Å². The molecule has 0 aromatic carbocycles. The summed E-state index contributed by atoms with van der Waals surface area (Å²) in [5.74, 6) is 0.0535. The standard InChI is InChI=1S/C16H16N4O2/c21-16(19-7-9-22-10-8-19)12-11-15(13-4-5-17-18-13)20-6-2-1-3-14(12)20/h1-6,11H,7-10H2,(H,17,18). The Hall–Kier alpha value is -2.60. The van der Waals surface area contributed by atoms with E-state index in [0.717, 1.165) is 16.9 Å². The number of H-pyrrole nitrogens is 1. The van der Waals surface area contributed by atoms with Gasteiger partial charge in [0, 0.05) is 25.5 Å². The van der Waals surface area contributed by atoms with Crippen LogP contribution in [0.25, 0.3) is 16.9 Å². The fourth-order valence-corrected chi connectivity index (χ4v) is 2.87. The van der Waals surface area contributed by atoms with Crippen molar-refractivity contribution in [1.29, 1.82) is 0 Å². The lowest BCUT2D eigenvalue weighted by atomic mass is 10.2. The molecule has 0 atom stereocenters. The largest absolute Gasteiger partial charge is 0.378 e. The summed E-state index contributed by atoms with van der Waals surface area (Å²) in [7, 11) is 0. The normalized spacial score (nSPS) is 15.4. The lowest BCUT2D eigenvalue weighted by Gasteiger charge is -2.26. The first-order chi connectivity index (χ1) is 10.8. The summed E-state index contributed by atoms with van der Waals surface area (Å²) >= 11 is 0. The highest BCUT2D eigenvalue weighted by Crippen LogP contribution is 2.26. The molecule has 6 heteroatoms. The number of rotatable bonds is 2. The van der Waals surface area contributed by atoms with Gasteiger partial charge in [0.1, 0.15) is 0 Å². The first-order valence-electron chi connectivity index (χ1n) is 7.31. The second-order valence-electron chi connectivity index (χ2n) is 5.27. The molecule has 0 aliphatic carbocycles. The third-order valence-electron chi connectivity index (χ3n) is 3.98. The van der Waals surface area contributed by atoms with Gasteiger partial charge in [0.15, 0.2) is 0 Å². The predicted octanol–water partition coefficient (Wildman–Crippen LogP) is 1.80. The molecule has 1 aliphatic heterocycles. The molecule has 1 aliphatic rings. The van der Waals surface area contributed by atoms with E-state index in [1.807, 2.05) is 45.8 Å². The minimum Gasteiger partial charge on any atom is -0.378 e. The summed E-state index contributed by atoms with van der Waals surface area (Å²) in [6.45, 7) is 2.49. The summed E-state index contributed by atoms with van der Waals surface area (Å²) in [4.78, 5) is 14.7. The maximum atomic E-state index is 12.8. The van der Waals surface area contributed by atoms with Gasteiger partial charge in [-0.2, -0.15) is 5.10 Å². The number of carbonyl (C=O) groups is 1. The number of morpholine rings is 1. The van der Waals surface area contributed by atoms with E-state index in [9.17, 15) is 4.79 Å². The van der Waals surface area contributed by atoms with Gasteiger partial charge in [-0.05, 0) is 24.3 Å². The van der Waals surface area contributed by atoms with E-state index < -0.39 is 0 Å². The van der Waals surface area contributed by atoms with Crippen LogP contribution in [0, 0.1) is 0 Å². The molecule has 3 aromatic heterocycles. The van der Waals surface area contributed by atoms with Crippen molar-refractivity contribution in [2.24, 2.45) is 0 Å². The molecular weight excluding hydrogens is 280 g/mol. The Morgan fingerprint density at radius 2 is 2.09 bits per heavy atom. The average Bonchev–Trinajstić information content (AvgIpc) is 3.22. The number of aromatic nitrogens is 3. The number of hydrogen-bond acceptors (Lipinski definition) is 3. The topological polar surface area (TPSA) is 62.6 Å². The van der Waals surface area contributed by atoms with Crippen LogP contribution in [0.2, 0.25) is 0 Å². The lowest BCUT2D eigenvalue weighted by molar-refractivity contribution is 0.0304. The van der Waals surface area contributed by atoms with Gasteiger partial charge in [0.05, 0.1) is 35.7 Å². The van der Waals surface area contributed by atoms with Crippen molar-refractivity contribution in [3.63, 3.8) is 0 Å². The summed E-state index contributed by atoms with van der Waals surface area (Å²) < 4.78 is 7.34. The highest BCUT2D eigenvalue weighted by molar-refractivity contribution is 6.02. The number of pyridine rings is 1. The molecule has 3 aromatic rings. The molecule has 1 saturated heterocycles. The molecule has 0 spiro atoms. The molecule has 1 fully saturated rings. The number of ether oxygens (including phenoxy) is 1. The molecule has 4 rings (SSSR count). The molecule has 112 valence electrons. The Balaban J connectivity index is 1.82. The summed E-state index contributed by atoms with van der Waals surface area (Å²) in [5.41, 5.74) is 3.45. The van der Waals surface area contributed by atoms with Crippen molar-refractivity contribution >= 4 is 11.4 Å². The van der Waals surface area contributed by atoms with Crippen molar-refractivity contribution in [1.82, 2.24) is 19.5 Å². The van der Waals surface area contributed by atoms with Crippen molar-refractivity contribution in [2.75, 3.05) is 26.3 Å². The number of carbonyl (C=O) groups excluding carboxylic acids is 1. The van der Waals surface area contributed by atoms with Crippen LogP contribution in [0.4, 0.5) is 0 Å². The second kappa shape index (κ2) is 5.31. The first kappa shape index (κ1) is 13.1. The van der Waals surface area contributed by atoms with Gasteiger partial charge in [-0.25, -0.2) is 0 Å². The van der Waals surface area contributed by atoms with Crippen molar-refractivity contribution in [3.8, 4) is 11.4 Å². The number of nitrogens with one attached hydrogen (secondary N) is 1. The number of hydrogen-bond donors (Lipinski definition) is 1. The van der Waals surface area contributed by atoms with Crippen LogP contribution in [0.1, 0.15) is 10.4 Å². The Morgan fingerprint density at radius 1 is 1.23 bits per heavy atom. The van der Waals surface area contributed by atoms with Gasteiger partial charge in [-0.3, -0.25) is 9.89 Å². The van der Waals surface area contributed by atoms with E-state index in [-0.39, 0.29) is 5.91 Å². The number of fused-ring (bicyclic) bond motifs is 1. The average molecular weight is 296 g/mol. The van der Waals surface area contributed by atoms with E-state index in [1.54, 1.807) is 6.20 Å². The van der Waals surface area contributed by atoms with Crippen LogP contribution < -0.4 is 0 Å². The maximum Gasteiger partial charge on any atom is 0.256 e. The van der Waals surface area contributed by atoms with Gasteiger partial charge < -0.3 is 14.0 Å². The van der Waals surface area contributed by atoms with Gasteiger partial charge >= 0.3 is 0 Å². The van der Waals surface area contributed by atoms with E-state index in [0.29, 0.717) is 31.9 Å². The van der Waals surface area contributed by atoms with Crippen molar-refractivity contribution in [3.05, 3.63) is 48.3 Å². The first-order valence-corrected chi connectivity index (χ1v) is 7.31. The zero-order valence-corrected chi connectivity index (χ0v) is 12.0. The molecular formula is C16H16N4O2. The maximum absolute atomic E-state index is 12.8. The smallest absolute Gasteiger partial charge is 0.256 e. The highest BCUT2D eigenvalue weighted by Gasteiger charge is 2.23. The third-order valence-corrected chi connectivity index (χ3v) is 3.98. The van der Waals surface area contributed by atoms with Gasteiger partial charge in [0.2, 0.25) is 0 Å². The van der Waals surface area contributed by atoms with E-state index in [4.69, 9.17) is 4.74 Å². The quantitative estimate of drug-likeness (QED) is 0.784. The van der Waals surface area contributed by atoms with Crippen LogP contribution in [0.5, 0.6) is 0 Å². The summed E-state index contributed by atoms with van der Waals surface area (Å²) in [6, 6.07) is 9.70. The van der Waals surface area contributed by atoms with E-state index in [1.165, 1.54) is 0 Å². The zero-order chi connectivity index (χ0) is 14.9. The molecule has 1 N–H and O–H groups in total. The SMILES string of the molecule is O=C(c1cc(-c2ccn[nH]2)n2ccccc12)N1CCOCC1. The number of aromatic amines is 1. The van der Waals surface area contributed by atoms with Gasteiger partial charge in [0.25, 0.3) is 5.91 Å². The predicted molar refractivity (Wildman–Crippen MR) is 81.7 cm³/mol. The highest BCUT2D eigenvalue weighted by atomic mass is 16.5. The van der Waals surface area contributed by atoms with Crippen LogP contribution in [-0.2, 0) is 4.74 Å².